The molecular weight excluding hydrogens is 322 g/mol. The molecule has 138 valence electrons. The van der Waals surface area contributed by atoms with Crippen molar-refractivity contribution in [3.05, 3.63) is 41.6 Å². The third-order valence-electron chi connectivity index (χ3n) is 6.62. The van der Waals surface area contributed by atoms with Crippen molar-refractivity contribution < 1.29 is 0 Å². The molecule has 0 amide bonds. The monoisotopic (exact) mass is 351 g/mol. The van der Waals surface area contributed by atoms with Gasteiger partial charge in [-0.15, -0.1) is 0 Å². The van der Waals surface area contributed by atoms with Crippen molar-refractivity contribution in [2.45, 2.75) is 37.6 Å². The van der Waals surface area contributed by atoms with Crippen LogP contribution in [0.4, 0.5) is 11.5 Å². The Morgan fingerprint density at radius 3 is 2.38 bits per heavy atom. The van der Waals surface area contributed by atoms with Crippen LogP contribution in [0.3, 0.4) is 0 Å². The Labute approximate surface area is 156 Å². The highest BCUT2D eigenvalue weighted by Crippen LogP contribution is 2.49. The summed E-state index contributed by atoms with van der Waals surface area (Å²) in [5.74, 6) is 1.20. The van der Waals surface area contributed by atoms with Gasteiger partial charge in [-0.3, -0.25) is 0 Å². The van der Waals surface area contributed by atoms with Gasteiger partial charge in [0.15, 0.2) is 0 Å². The van der Waals surface area contributed by atoms with Gasteiger partial charge in [-0.05, 0) is 44.0 Å². The summed E-state index contributed by atoms with van der Waals surface area (Å²) in [6.45, 7) is 6.66. The molecule has 3 aliphatic rings. The number of fused-ring (bicyclic) bond motifs is 1. The molecule has 1 aromatic carbocycles. The van der Waals surface area contributed by atoms with E-state index in [0.29, 0.717) is 0 Å². The number of aromatic nitrogens is 2. The number of nitrogens with zero attached hydrogens (tertiary/aromatic N) is 4. The molecule has 3 heterocycles. The Hall–Kier alpha value is -2.01. The van der Waals surface area contributed by atoms with Gasteiger partial charge < -0.3 is 15.1 Å². The third-order valence-corrected chi connectivity index (χ3v) is 6.62. The molecular formula is C21H29N5. The highest BCUT2D eigenvalue weighted by Gasteiger charge is 2.43. The Bertz CT molecular complexity index is 743. The first-order valence-electron chi connectivity index (χ1n) is 10.1. The van der Waals surface area contributed by atoms with E-state index in [-0.39, 0.29) is 5.41 Å². The first kappa shape index (κ1) is 16.2. The molecule has 1 saturated heterocycles. The summed E-state index contributed by atoms with van der Waals surface area (Å²) < 4.78 is 2.16. The van der Waals surface area contributed by atoms with Gasteiger partial charge in [-0.1, -0.05) is 18.6 Å². The highest BCUT2D eigenvalue weighted by atomic mass is 15.3. The smallest absolute Gasteiger partial charge is 0.124 e. The van der Waals surface area contributed by atoms with Crippen LogP contribution in [0.15, 0.2) is 30.3 Å². The summed E-state index contributed by atoms with van der Waals surface area (Å²) >= 11 is 0. The maximum atomic E-state index is 4.98. The average Bonchev–Trinajstić information content (AvgIpc) is 3.06. The van der Waals surface area contributed by atoms with E-state index < -0.39 is 0 Å². The molecule has 0 radical (unpaired) electrons. The van der Waals surface area contributed by atoms with Crippen molar-refractivity contribution in [2.75, 3.05) is 50.0 Å². The molecule has 2 aliphatic heterocycles. The van der Waals surface area contributed by atoms with Crippen molar-refractivity contribution in [1.82, 2.24) is 14.7 Å². The molecule has 0 atom stereocenters. The van der Waals surface area contributed by atoms with Crippen molar-refractivity contribution in [2.24, 2.45) is 0 Å². The SMILES string of the molecule is CN1CCN(c2ccc(C3(c4cc5n(n4)CCCN5)CCC3)cc2)CC1. The number of likely N-dealkylation sites (N-methyl/N-ethyl adjacent to an activating group) is 1. The molecule has 0 spiro atoms. The van der Waals surface area contributed by atoms with E-state index in [4.69, 9.17) is 5.10 Å². The molecule has 1 aromatic heterocycles. The fourth-order valence-electron chi connectivity index (χ4n) is 4.69. The van der Waals surface area contributed by atoms with E-state index in [9.17, 15) is 0 Å². The number of hydrogen-bond acceptors (Lipinski definition) is 4. The van der Waals surface area contributed by atoms with E-state index >= 15 is 0 Å². The van der Waals surface area contributed by atoms with Gasteiger partial charge in [0.25, 0.3) is 0 Å². The predicted octanol–water partition coefficient (Wildman–Crippen LogP) is 2.92. The van der Waals surface area contributed by atoms with Gasteiger partial charge in [0, 0.05) is 56.4 Å². The lowest BCUT2D eigenvalue weighted by atomic mass is 9.62. The van der Waals surface area contributed by atoms with Crippen LogP contribution in [0, 0.1) is 0 Å². The lowest BCUT2D eigenvalue weighted by molar-refractivity contribution is 0.290. The van der Waals surface area contributed by atoms with Gasteiger partial charge in [0.05, 0.1) is 5.69 Å². The normalized spacial score (nSPS) is 22.4. The van der Waals surface area contributed by atoms with Crippen LogP contribution in [0.2, 0.25) is 0 Å². The minimum atomic E-state index is 0.132. The number of hydrogen-bond donors (Lipinski definition) is 1. The summed E-state index contributed by atoms with van der Waals surface area (Å²) in [4.78, 5) is 4.92. The summed E-state index contributed by atoms with van der Waals surface area (Å²) in [6.07, 6.45) is 4.91. The number of rotatable bonds is 3. The minimum Gasteiger partial charge on any atom is -0.370 e. The first-order chi connectivity index (χ1) is 12.7. The zero-order chi connectivity index (χ0) is 17.6. The second kappa shape index (κ2) is 6.31. The predicted molar refractivity (Wildman–Crippen MR) is 106 cm³/mol. The number of aryl methyl sites for hydroxylation is 1. The number of piperazine rings is 1. The van der Waals surface area contributed by atoms with Crippen molar-refractivity contribution in [1.29, 1.82) is 0 Å². The molecule has 2 fully saturated rings. The Balaban J connectivity index is 1.41. The molecule has 5 rings (SSSR count). The van der Waals surface area contributed by atoms with Crippen molar-refractivity contribution in [3.63, 3.8) is 0 Å². The van der Waals surface area contributed by atoms with Crippen LogP contribution >= 0.6 is 0 Å². The van der Waals surface area contributed by atoms with Crippen LogP contribution in [0.1, 0.15) is 36.9 Å². The maximum Gasteiger partial charge on any atom is 0.124 e. The van der Waals surface area contributed by atoms with Crippen molar-refractivity contribution >= 4 is 11.5 Å². The molecule has 5 nitrogen and oxygen atoms in total. The fraction of sp³-hybridized carbons (Fsp3) is 0.571. The van der Waals surface area contributed by atoms with Crippen LogP contribution in [0.5, 0.6) is 0 Å². The van der Waals surface area contributed by atoms with E-state index in [1.165, 1.54) is 48.4 Å². The average molecular weight is 351 g/mol. The molecule has 26 heavy (non-hydrogen) atoms. The first-order valence-corrected chi connectivity index (χ1v) is 10.1. The summed E-state index contributed by atoms with van der Waals surface area (Å²) in [5, 5.41) is 8.48. The standard InChI is InChI=1S/C21H29N5/c1-24-12-14-25(15-13-24)18-6-4-17(5-7-18)21(8-2-9-21)19-16-20-22-10-3-11-26(20)23-19/h4-7,16,22H,2-3,8-15H2,1H3. The molecule has 1 saturated carbocycles. The minimum absolute atomic E-state index is 0.132. The highest BCUT2D eigenvalue weighted by molar-refractivity contribution is 5.52. The van der Waals surface area contributed by atoms with E-state index in [1.807, 2.05) is 0 Å². The quantitative estimate of drug-likeness (QED) is 0.922. The molecule has 1 aliphatic carbocycles. The summed E-state index contributed by atoms with van der Waals surface area (Å²) in [7, 11) is 2.21. The Morgan fingerprint density at radius 1 is 0.962 bits per heavy atom. The summed E-state index contributed by atoms with van der Waals surface area (Å²) in [6, 6.07) is 11.7. The van der Waals surface area contributed by atoms with Crippen molar-refractivity contribution in [3.8, 4) is 0 Å². The maximum absolute atomic E-state index is 4.98. The number of benzene rings is 1. The molecule has 0 unspecified atom stereocenters. The van der Waals surface area contributed by atoms with E-state index in [1.54, 1.807) is 0 Å². The largest absolute Gasteiger partial charge is 0.370 e. The second-order valence-corrected chi connectivity index (χ2v) is 8.19. The second-order valence-electron chi connectivity index (χ2n) is 8.19. The third kappa shape index (κ3) is 2.60. The Morgan fingerprint density at radius 2 is 1.73 bits per heavy atom. The number of nitrogens with one attached hydrogen (secondary N) is 1. The molecule has 1 N–H and O–H groups in total. The van der Waals surface area contributed by atoms with Crippen LogP contribution in [-0.4, -0.2) is 54.5 Å². The molecule has 0 bridgehead atoms. The molecule has 2 aromatic rings. The zero-order valence-electron chi connectivity index (χ0n) is 15.7. The van der Waals surface area contributed by atoms with Gasteiger partial charge in [0.2, 0.25) is 0 Å². The van der Waals surface area contributed by atoms with Crippen LogP contribution in [0.25, 0.3) is 0 Å². The lowest BCUT2D eigenvalue weighted by Gasteiger charge is -2.41. The van der Waals surface area contributed by atoms with E-state index in [0.717, 1.165) is 39.3 Å². The van der Waals surface area contributed by atoms with Gasteiger partial charge in [0.1, 0.15) is 5.82 Å². The molecule has 5 heteroatoms. The van der Waals surface area contributed by atoms with Gasteiger partial charge in [-0.25, -0.2) is 4.68 Å². The van der Waals surface area contributed by atoms with E-state index in [2.05, 4.69) is 57.2 Å². The van der Waals surface area contributed by atoms with Gasteiger partial charge in [-0.2, -0.15) is 5.10 Å². The van der Waals surface area contributed by atoms with Gasteiger partial charge >= 0.3 is 0 Å². The summed E-state index contributed by atoms with van der Waals surface area (Å²) in [5.41, 5.74) is 4.20. The Kier molecular flexibility index (Phi) is 3.92. The lowest BCUT2D eigenvalue weighted by Crippen LogP contribution is -2.44. The topological polar surface area (TPSA) is 36.3 Å². The van der Waals surface area contributed by atoms with Crippen LogP contribution in [-0.2, 0) is 12.0 Å². The van der Waals surface area contributed by atoms with Crippen LogP contribution < -0.4 is 10.2 Å². The zero-order valence-corrected chi connectivity index (χ0v) is 15.7. The fourth-order valence-corrected chi connectivity index (χ4v) is 4.69. The number of anilines is 2.